The fraction of sp³-hybridized carbons (Fsp3) is 0.389. The molecule has 2 fully saturated rings. The summed E-state index contributed by atoms with van der Waals surface area (Å²) in [4.78, 5) is 30.4. The molecule has 3 aromatic rings. The molecular weight excluding hydrogens is 593 g/mol. The van der Waals surface area contributed by atoms with E-state index in [-0.39, 0.29) is 42.3 Å². The van der Waals surface area contributed by atoms with Gasteiger partial charge in [-0.2, -0.15) is 0 Å². The van der Waals surface area contributed by atoms with Crippen LogP contribution in [0.15, 0.2) is 66.2 Å². The summed E-state index contributed by atoms with van der Waals surface area (Å²) in [6.07, 6.45) is 2.40. The number of halogens is 2. The Balaban J connectivity index is 1.22. The van der Waals surface area contributed by atoms with Crippen molar-refractivity contribution < 1.29 is 23.5 Å². The molecule has 2 unspecified atom stereocenters. The van der Waals surface area contributed by atoms with Crippen LogP contribution < -0.4 is 14.8 Å². The fourth-order valence-corrected chi connectivity index (χ4v) is 6.54. The first-order valence-electron chi connectivity index (χ1n) is 15.6. The molecule has 3 aromatic carbocycles. The van der Waals surface area contributed by atoms with Crippen LogP contribution in [0.2, 0.25) is 5.02 Å². The molecule has 2 heterocycles. The molecule has 236 valence electrons. The molecule has 1 aliphatic carbocycles. The predicted octanol–water partition coefficient (Wildman–Crippen LogP) is 6.09. The number of ether oxygens (including phenoxy) is 2. The minimum absolute atomic E-state index is 0.00239. The van der Waals surface area contributed by atoms with Gasteiger partial charge in [0.2, 0.25) is 5.91 Å². The Bertz CT molecular complexity index is 1620. The van der Waals surface area contributed by atoms with Gasteiger partial charge in [0.1, 0.15) is 30.5 Å². The summed E-state index contributed by atoms with van der Waals surface area (Å²) < 4.78 is 26.5. The Kier molecular flexibility index (Phi) is 9.15. The fourth-order valence-electron chi connectivity index (χ4n) is 6.27. The lowest BCUT2D eigenvalue weighted by molar-refractivity contribution is -0.132. The third kappa shape index (κ3) is 7.02. The van der Waals surface area contributed by atoms with Gasteiger partial charge in [0.25, 0.3) is 5.91 Å². The Morgan fingerprint density at radius 2 is 1.71 bits per heavy atom. The molecule has 2 amide bonds. The van der Waals surface area contributed by atoms with Crippen molar-refractivity contribution >= 4 is 29.0 Å². The highest BCUT2D eigenvalue weighted by Crippen LogP contribution is 2.38. The largest absolute Gasteiger partial charge is 0.490 e. The van der Waals surface area contributed by atoms with E-state index in [2.05, 4.69) is 5.32 Å². The molecule has 1 saturated carbocycles. The molecule has 7 nitrogen and oxygen atoms in total. The monoisotopic (exact) mass is 631 g/mol. The van der Waals surface area contributed by atoms with Crippen molar-refractivity contribution in [1.29, 1.82) is 0 Å². The zero-order valence-electron chi connectivity index (χ0n) is 25.9. The van der Waals surface area contributed by atoms with E-state index in [0.29, 0.717) is 60.4 Å². The van der Waals surface area contributed by atoms with Gasteiger partial charge in [-0.1, -0.05) is 41.9 Å². The van der Waals surface area contributed by atoms with E-state index in [9.17, 15) is 14.0 Å². The van der Waals surface area contributed by atoms with Gasteiger partial charge in [0.15, 0.2) is 0 Å². The second-order valence-corrected chi connectivity index (χ2v) is 12.7. The Labute approximate surface area is 268 Å². The van der Waals surface area contributed by atoms with Gasteiger partial charge in [-0.15, -0.1) is 0 Å². The van der Waals surface area contributed by atoms with Crippen molar-refractivity contribution in [2.75, 3.05) is 26.3 Å². The number of hydrogen-bond donors (Lipinski definition) is 1. The minimum Gasteiger partial charge on any atom is -0.490 e. The summed E-state index contributed by atoms with van der Waals surface area (Å²) >= 11 is 6.33. The first-order chi connectivity index (χ1) is 21.7. The molecule has 2 aliphatic heterocycles. The van der Waals surface area contributed by atoms with Gasteiger partial charge >= 0.3 is 0 Å². The van der Waals surface area contributed by atoms with E-state index >= 15 is 0 Å². The Morgan fingerprint density at radius 3 is 2.42 bits per heavy atom. The minimum atomic E-state index is -0.314. The van der Waals surface area contributed by atoms with E-state index < -0.39 is 0 Å². The van der Waals surface area contributed by atoms with Crippen LogP contribution in [-0.2, 0) is 16.1 Å². The predicted molar refractivity (Wildman–Crippen MR) is 173 cm³/mol. The topological polar surface area (TPSA) is 71.1 Å². The number of benzene rings is 3. The summed E-state index contributed by atoms with van der Waals surface area (Å²) in [5, 5.41) is 4.18. The van der Waals surface area contributed by atoms with Crippen LogP contribution in [0.25, 0.3) is 5.57 Å². The van der Waals surface area contributed by atoms with Crippen LogP contribution in [-0.4, -0.2) is 66.0 Å². The Hall–Kier alpha value is -3.88. The van der Waals surface area contributed by atoms with E-state index in [0.717, 1.165) is 35.1 Å². The molecule has 1 saturated heterocycles. The third-order valence-corrected chi connectivity index (χ3v) is 9.28. The van der Waals surface area contributed by atoms with Gasteiger partial charge < -0.3 is 24.6 Å². The average Bonchev–Trinajstić information content (AvgIpc) is 3.86. The molecular formula is C36H39ClFN3O4. The number of hydrogen-bond acceptors (Lipinski definition) is 5. The maximum absolute atomic E-state index is 14.7. The lowest BCUT2D eigenvalue weighted by Crippen LogP contribution is -2.61. The molecule has 1 N–H and O–H groups in total. The lowest BCUT2D eigenvalue weighted by Gasteiger charge is -2.44. The molecule has 6 rings (SSSR count). The van der Waals surface area contributed by atoms with Crippen LogP contribution >= 0.6 is 11.6 Å². The second-order valence-electron chi connectivity index (χ2n) is 12.3. The van der Waals surface area contributed by atoms with Crippen LogP contribution in [0.3, 0.4) is 0 Å². The van der Waals surface area contributed by atoms with Gasteiger partial charge in [0.05, 0.1) is 11.1 Å². The highest BCUT2D eigenvalue weighted by Gasteiger charge is 2.43. The van der Waals surface area contributed by atoms with E-state index in [4.69, 9.17) is 21.1 Å². The van der Waals surface area contributed by atoms with E-state index in [1.165, 1.54) is 6.07 Å². The number of nitrogens with one attached hydrogen (secondary N) is 1. The number of rotatable bonds is 10. The van der Waals surface area contributed by atoms with Crippen LogP contribution in [0.1, 0.15) is 48.4 Å². The zero-order chi connectivity index (χ0) is 31.7. The van der Waals surface area contributed by atoms with Crippen molar-refractivity contribution in [3.63, 3.8) is 0 Å². The first kappa shape index (κ1) is 31.1. The van der Waals surface area contributed by atoms with Gasteiger partial charge in [0, 0.05) is 49.8 Å². The van der Waals surface area contributed by atoms with Crippen molar-refractivity contribution in [1.82, 2.24) is 15.1 Å². The Morgan fingerprint density at radius 1 is 1.00 bits per heavy atom. The quantitative estimate of drug-likeness (QED) is 0.274. The third-order valence-electron chi connectivity index (χ3n) is 8.99. The lowest BCUT2D eigenvalue weighted by atomic mass is 9.82. The number of carbonyl (C=O) groups excluding carboxylic acids is 2. The highest BCUT2D eigenvalue weighted by molar-refractivity contribution is 6.32. The van der Waals surface area contributed by atoms with E-state index in [1.54, 1.807) is 25.1 Å². The summed E-state index contributed by atoms with van der Waals surface area (Å²) in [5.41, 5.74) is 5.30. The molecule has 3 aliphatic rings. The van der Waals surface area contributed by atoms with E-state index in [1.807, 2.05) is 60.0 Å². The summed E-state index contributed by atoms with van der Waals surface area (Å²) in [6, 6.07) is 18.1. The van der Waals surface area contributed by atoms with Gasteiger partial charge in [-0.3, -0.25) is 9.59 Å². The number of amides is 2. The average molecular weight is 632 g/mol. The zero-order valence-corrected chi connectivity index (χ0v) is 26.7. The molecule has 2 atom stereocenters. The molecule has 2 bridgehead atoms. The summed E-state index contributed by atoms with van der Waals surface area (Å²) in [5.74, 6) is 0.915. The van der Waals surface area contributed by atoms with Gasteiger partial charge in [-0.05, 0) is 85.7 Å². The number of fused-ring (bicyclic) bond motifs is 2. The molecule has 45 heavy (non-hydrogen) atoms. The van der Waals surface area contributed by atoms with Crippen LogP contribution in [0.4, 0.5) is 4.39 Å². The van der Waals surface area contributed by atoms with Gasteiger partial charge in [-0.25, -0.2) is 4.39 Å². The summed E-state index contributed by atoms with van der Waals surface area (Å²) in [6.45, 7) is 7.50. The molecule has 0 radical (unpaired) electrons. The number of aryl methyl sites for hydroxylation is 2. The number of carbonyl (C=O) groups is 2. The molecule has 0 aromatic heterocycles. The van der Waals surface area contributed by atoms with Crippen molar-refractivity contribution in [2.24, 2.45) is 0 Å². The molecule has 0 spiro atoms. The molecule has 9 heteroatoms. The van der Waals surface area contributed by atoms with Crippen LogP contribution in [0, 0.1) is 19.7 Å². The first-order valence-corrected chi connectivity index (χ1v) is 16.0. The number of nitrogens with zero attached hydrogens (tertiary/aromatic N) is 2. The maximum atomic E-state index is 14.7. The highest BCUT2D eigenvalue weighted by atomic mass is 35.5. The normalized spacial score (nSPS) is 19.4. The van der Waals surface area contributed by atoms with Crippen molar-refractivity contribution in [3.8, 4) is 11.5 Å². The smallest absolute Gasteiger partial charge is 0.252 e. The summed E-state index contributed by atoms with van der Waals surface area (Å²) in [7, 11) is 0. The SMILES string of the molecule is CC(=O)N1CC2CC(c3ccc(OCCOc4cc(C)c(C)cc4Cl)cc3)=C(C(=O)N(Cc3ccccc3F)C3CC3)C(C1)N2. The standard InChI is InChI=1S/C36H39ClFN3O4/c1-22-16-31(37)34(17-23(22)2)45-15-14-44-29-12-8-25(9-13-29)30-18-27-20-40(24(3)42)21-33(39-27)35(30)36(43)41(28-10-11-28)19-26-6-4-5-7-32(26)38/h4-9,12-13,16-17,27-28,33,39H,10-11,14-15,18-21H2,1-3H3. The van der Waals surface area contributed by atoms with Crippen molar-refractivity contribution in [3.05, 3.63) is 99.3 Å². The number of piperazine rings is 1. The maximum Gasteiger partial charge on any atom is 0.252 e. The van der Waals surface area contributed by atoms with Crippen molar-refractivity contribution in [2.45, 2.75) is 64.7 Å². The second kappa shape index (κ2) is 13.2. The van der Waals surface area contributed by atoms with Crippen LogP contribution in [0.5, 0.6) is 11.5 Å².